The Kier molecular flexibility index (Phi) is 6.34. The SMILES string of the molecule is c1ccc(-c2ccc(-n3c4ccc(-c5ccc6c(c5)c5ccccc5n6-c5cccc6ccccc56)cc4c4ccc5c6ccccc6oc5c43)cc2)cc1. The van der Waals surface area contributed by atoms with E-state index in [2.05, 4.69) is 197 Å². The summed E-state index contributed by atoms with van der Waals surface area (Å²) in [4.78, 5) is 0. The molecule has 0 aliphatic heterocycles. The average Bonchev–Trinajstić information content (AvgIpc) is 3.91. The highest BCUT2D eigenvalue weighted by molar-refractivity contribution is 6.22. The van der Waals surface area contributed by atoms with Crippen molar-refractivity contribution >= 4 is 76.3 Å². The van der Waals surface area contributed by atoms with Crippen LogP contribution in [-0.2, 0) is 0 Å². The van der Waals surface area contributed by atoms with Crippen LogP contribution < -0.4 is 0 Å². The van der Waals surface area contributed by atoms with Crippen LogP contribution in [0.1, 0.15) is 0 Å². The third kappa shape index (κ3) is 4.44. The number of nitrogens with zero attached hydrogens (tertiary/aromatic N) is 2. The van der Waals surface area contributed by atoms with E-state index in [9.17, 15) is 0 Å². The molecule has 12 aromatic rings. The molecule has 0 saturated carbocycles. The van der Waals surface area contributed by atoms with Crippen molar-refractivity contribution < 1.29 is 4.42 Å². The molecule has 0 amide bonds. The second kappa shape index (κ2) is 11.6. The van der Waals surface area contributed by atoms with E-state index in [0.717, 1.165) is 38.7 Å². The lowest BCUT2D eigenvalue weighted by molar-refractivity contribution is 0.671. The second-order valence-electron chi connectivity index (χ2n) is 14.5. The topological polar surface area (TPSA) is 23.0 Å². The first kappa shape index (κ1) is 30.1. The van der Waals surface area contributed by atoms with Gasteiger partial charge in [-0.1, -0.05) is 133 Å². The third-order valence-electron chi connectivity index (χ3n) is 11.5. The molecule has 55 heavy (non-hydrogen) atoms. The van der Waals surface area contributed by atoms with Crippen molar-refractivity contribution in [3.63, 3.8) is 0 Å². The highest BCUT2D eigenvalue weighted by Crippen LogP contribution is 2.43. The zero-order chi connectivity index (χ0) is 36.0. The molecule has 0 atom stereocenters. The van der Waals surface area contributed by atoms with E-state index in [-0.39, 0.29) is 0 Å². The first-order valence-corrected chi connectivity index (χ1v) is 18.8. The fourth-order valence-corrected chi connectivity index (χ4v) is 8.98. The van der Waals surface area contributed by atoms with Gasteiger partial charge < -0.3 is 13.6 Å². The zero-order valence-corrected chi connectivity index (χ0v) is 29.8. The van der Waals surface area contributed by atoms with Gasteiger partial charge >= 0.3 is 0 Å². The van der Waals surface area contributed by atoms with Crippen molar-refractivity contribution in [2.75, 3.05) is 0 Å². The minimum Gasteiger partial charge on any atom is -0.454 e. The van der Waals surface area contributed by atoms with Crippen LogP contribution in [0.3, 0.4) is 0 Å². The molecule has 0 N–H and O–H groups in total. The molecule has 0 aliphatic carbocycles. The lowest BCUT2D eigenvalue weighted by atomic mass is 10.0. The van der Waals surface area contributed by atoms with Crippen LogP contribution in [0.25, 0.3) is 110 Å². The summed E-state index contributed by atoms with van der Waals surface area (Å²) in [5, 5.41) is 9.59. The van der Waals surface area contributed by atoms with Gasteiger partial charge in [0.15, 0.2) is 5.58 Å². The van der Waals surface area contributed by atoms with Crippen molar-refractivity contribution in [2.24, 2.45) is 0 Å². The van der Waals surface area contributed by atoms with E-state index < -0.39 is 0 Å². The van der Waals surface area contributed by atoms with E-state index in [1.807, 2.05) is 6.07 Å². The smallest absolute Gasteiger partial charge is 0.160 e. The predicted molar refractivity (Wildman–Crippen MR) is 231 cm³/mol. The highest BCUT2D eigenvalue weighted by atomic mass is 16.3. The summed E-state index contributed by atoms with van der Waals surface area (Å²) >= 11 is 0. The summed E-state index contributed by atoms with van der Waals surface area (Å²) in [5.74, 6) is 0. The van der Waals surface area contributed by atoms with Crippen molar-refractivity contribution in [1.29, 1.82) is 0 Å². The summed E-state index contributed by atoms with van der Waals surface area (Å²) in [6, 6.07) is 70.2. The largest absolute Gasteiger partial charge is 0.454 e. The monoisotopic (exact) mass is 700 g/mol. The molecule has 0 aliphatic rings. The quantitative estimate of drug-likeness (QED) is 0.179. The van der Waals surface area contributed by atoms with E-state index in [4.69, 9.17) is 4.42 Å². The van der Waals surface area contributed by atoms with Gasteiger partial charge in [-0.15, -0.1) is 0 Å². The molecule has 3 aromatic heterocycles. The molecule has 0 fully saturated rings. The van der Waals surface area contributed by atoms with Crippen LogP contribution in [0.15, 0.2) is 199 Å². The Balaban J connectivity index is 1.08. The number of hydrogen-bond acceptors (Lipinski definition) is 1. The van der Waals surface area contributed by atoms with Gasteiger partial charge in [0.05, 0.1) is 27.8 Å². The minimum atomic E-state index is 0.901. The number of benzene rings is 9. The van der Waals surface area contributed by atoms with E-state index in [1.165, 1.54) is 71.3 Å². The Hall–Kier alpha value is -7.36. The van der Waals surface area contributed by atoms with Gasteiger partial charge in [0.25, 0.3) is 0 Å². The number of aromatic nitrogens is 2. The van der Waals surface area contributed by atoms with Gasteiger partial charge in [-0.2, -0.15) is 0 Å². The Morgan fingerprint density at radius 3 is 1.73 bits per heavy atom. The normalized spacial score (nSPS) is 12.0. The van der Waals surface area contributed by atoms with Crippen LogP contribution >= 0.6 is 0 Å². The molecule has 0 bridgehead atoms. The Morgan fingerprint density at radius 1 is 0.327 bits per heavy atom. The number of para-hydroxylation sites is 2. The molecule has 0 saturated heterocycles. The molecule has 3 heterocycles. The summed E-state index contributed by atoms with van der Waals surface area (Å²) in [7, 11) is 0. The Labute approximate surface area is 316 Å². The summed E-state index contributed by atoms with van der Waals surface area (Å²) in [6.45, 7) is 0. The van der Waals surface area contributed by atoms with Gasteiger partial charge in [0.1, 0.15) is 5.58 Å². The lowest BCUT2D eigenvalue weighted by Gasteiger charge is -2.12. The predicted octanol–water partition coefficient (Wildman–Crippen LogP) is 14.3. The van der Waals surface area contributed by atoms with Gasteiger partial charge in [-0.05, 0) is 88.3 Å². The number of fused-ring (bicyclic) bond motifs is 11. The lowest BCUT2D eigenvalue weighted by Crippen LogP contribution is -1.95. The molecular weight excluding hydrogens is 669 g/mol. The first-order chi connectivity index (χ1) is 27.3. The zero-order valence-electron chi connectivity index (χ0n) is 29.8. The minimum absolute atomic E-state index is 0.901. The molecule has 0 radical (unpaired) electrons. The fourth-order valence-electron chi connectivity index (χ4n) is 8.98. The Morgan fingerprint density at radius 2 is 0.909 bits per heavy atom. The van der Waals surface area contributed by atoms with Crippen LogP contribution in [-0.4, -0.2) is 9.13 Å². The van der Waals surface area contributed by atoms with Crippen molar-refractivity contribution in [1.82, 2.24) is 9.13 Å². The van der Waals surface area contributed by atoms with Crippen LogP contribution in [0.2, 0.25) is 0 Å². The molecule has 12 rings (SSSR count). The standard InChI is InChI=1S/C52H32N2O/c1-2-11-33(12-3-1)34-21-25-38(26-22-34)53-48-29-23-37(32-45(48)42-27-28-43-41-17-7-9-20-50(41)55-52(43)51(42)53)36-24-30-49-44(31-36)40-16-6-8-18-47(40)54(49)46-19-10-14-35-13-4-5-15-39(35)46/h1-32H. The van der Waals surface area contributed by atoms with Crippen LogP contribution in [0.5, 0.6) is 0 Å². The molecular formula is C52H32N2O. The van der Waals surface area contributed by atoms with E-state index in [0.29, 0.717) is 0 Å². The van der Waals surface area contributed by atoms with Crippen LogP contribution in [0, 0.1) is 0 Å². The Bertz CT molecular complexity index is 3470. The van der Waals surface area contributed by atoms with Gasteiger partial charge in [0, 0.05) is 43.4 Å². The van der Waals surface area contributed by atoms with Crippen molar-refractivity contribution in [3.8, 4) is 33.6 Å². The first-order valence-electron chi connectivity index (χ1n) is 18.8. The molecule has 0 unspecified atom stereocenters. The van der Waals surface area contributed by atoms with Crippen molar-refractivity contribution in [2.45, 2.75) is 0 Å². The van der Waals surface area contributed by atoms with Gasteiger partial charge in [0.2, 0.25) is 0 Å². The summed E-state index contributed by atoms with van der Waals surface area (Å²) < 4.78 is 11.5. The fraction of sp³-hybridized carbons (Fsp3) is 0. The molecule has 9 aromatic carbocycles. The maximum absolute atomic E-state index is 6.70. The maximum atomic E-state index is 6.70. The molecule has 0 spiro atoms. The van der Waals surface area contributed by atoms with E-state index in [1.54, 1.807) is 0 Å². The van der Waals surface area contributed by atoms with Gasteiger partial charge in [-0.3, -0.25) is 0 Å². The molecule has 3 nitrogen and oxygen atoms in total. The molecule has 256 valence electrons. The summed E-state index contributed by atoms with van der Waals surface area (Å²) in [5.41, 5.74) is 13.5. The van der Waals surface area contributed by atoms with E-state index >= 15 is 0 Å². The van der Waals surface area contributed by atoms with Crippen LogP contribution in [0.4, 0.5) is 0 Å². The number of hydrogen-bond donors (Lipinski definition) is 0. The number of furan rings is 1. The van der Waals surface area contributed by atoms with Crippen molar-refractivity contribution in [3.05, 3.63) is 194 Å². The second-order valence-corrected chi connectivity index (χ2v) is 14.5. The maximum Gasteiger partial charge on any atom is 0.160 e. The average molecular weight is 701 g/mol. The summed E-state index contributed by atoms with van der Waals surface area (Å²) in [6.07, 6.45) is 0. The third-order valence-corrected chi connectivity index (χ3v) is 11.5. The van der Waals surface area contributed by atoms with Gasteiger partial charge in [-0.25, -0.2) is 0 Å². The molecule has 3 heteroatoms. The highest BCUT2D eigenvalue weighted by Gasteiger charge is 2.21. The number of rotatable bonds is 4.